The van der Waals surface area contributed by atoms with Crippen molar-refractivity contribution in [2.24, 2.45) is 5.41 Å². The number of hydrogen-bond donors (Lipinski definition) is 4. The van der Waals surface area contributed by atoms with E-state index in [0.29, 0.717) is 0 Å². The molecule has 0 saturated heterocycles. The highest BCUT2D eigenvalue weighted by Crippen LogP contribution is 2.35. The minimum Gasteiger partial charge on any atom is -0.458 e. The third kappa shape index (κ3) is 4.61. The van der Waals surface area contributed by atoms with E-state index in [1.807, 2.05) is 0 Å². The molecule has 0 fully saturated rings. The Bertz CT molecular complexity index is 458. The molecule has 0 aliphatic rings. The lowest BCUT2D eigenvalue weighted by Crippen LogP contribution is -2.63. The summed E-state index contributed by atoms with van der Waals surface area (Å²) in [5.41, 5.74) is -3.86. The summed E-state index contributed by atoms with van der Waals surface area (Å²) in [6, 6.07) is 0. The van der Waals surface area contributed by atoms with Gasteiger partial charge >= 0.3 is 11.9 Å². The Labute approximate surface area is 134 Å². The molecule has 8 heteroatoms. The van der Waals surface area contributed by atoms with Gasteiger partial charge in [0.25, 0.3) is 0 Å². The van der Waals surface area contributed by atoms with Crippen LogP contribution in [0.5, 0.6) is 0 Å². The molecule has 0 aliphatic carbocycles. The smallest absolute Gasteiger partial charge is 0.333 e. The molecule has 0 spiro atoms. The van der Waals surface area contributed by atoms with Crippen LogP contribution in [0.2, 0.25) is 0 Å². The van der Waals surface area contributed by atoms with E-state index in [2.05, 4.69) is 13.2 Å². The van der Waals surface area contributed by atoms with E-state index >= 15 is 0 Å². The summed E-state index contributed by atoms with van der Waals surface area (Å²) in [5.74, 6) is -1.76. The quantitative estimate of drug-likeness (QED) is 0.293. The molecule has 0 saturated carbocycles. The van der Waals surface area contributed by atoms with Gasteiger partial charge in [0.05, 0.1) is 31.8 Å². The standard InChI is InChI=1S/C15H24O8/c1-10(2)12(20)22-9-15(8-19,23-13(21)11(3)4)14(5-16,6-17)7-18/h16-19H,1,3,5-9H2,2,4H3. The van der Waals surface area contributed by atoms with Gasteiger partial charge in [-0.25, -0.2) is 9.59 Å². The fraction of sp³-hybridized carbons (Fsp3) is 0.600. The predicted octanol–water partition coefficient (Wildman–Crippen LogP) is -1.08. The maximum Gasteiger partial charge on any atom is 0.333 e. The van der Waals surface area contributed by atoms with Crippen LogP contribution in [0.3, 0.4) is 0 Å². The Hall–Kier alpha value is -1.74. The molecule has 132 valence electrons. The van der Waals surface area contributed by atoms with Crippen LogP contribution in [0.15, 0.2) is 24.3 Å². The first-order chi connectivity index (χ1) is 10.6. The molecule has 0 amide bonds. The van der Waals surface area contributed by atoms with Gasteiger partial charge in [0.15, 0.2) is 5.60 Å². The van der Waals surface area contributed by atoms with Crippen LogP contribution in [0.25, 0.3) is 0 Å². The molecule has 0 aliphatic heterocycles. The molecule has 0 aromatic carbocycles. The number of aliphatic hydroxyl groups is 4. The Balaban J connectivity index is 5.79. The average molecular weight is 332 g/mol. The largest absolute Gasteiger partial charge is 0.458 e. The molecule has 23 heavy (non-hydrogen) atoms. The highest BCUT2D eigenvalue weighted by atomic mass is 16.6. The van der Waals surface area contributed by atoms with Gasteiger partial charge in [-0.1, -0.05) is 13.2 Å². The molecular weight excluding hydrogens is 308 g/mol. The molecule has 0 rings (SSSR count). The Kier molecular flexibility index (Phi) is 8.11. The van der Waals surface area contributed by atoms with Gasteiger partial charge < -0.3 is 29.9 Å². The number of rotatable bonds is 10. The molecule has 0 bridgehead atoms. The molecule has 1 atom stereocenters. The molecule has 0 radical (unpaired) electrons. The van der Waals surface area contributed by atoms with Crippen LogP contribution in [-0.4, -0.2) is 71.0 Å². The van der Waals surface area contributed by atoms with Gasteiger partial charge in [-0.3, -0.25) is 0 Å². The Morgan fingerprint density at radius 2 is 1.30 bits per heavy atom. The molecule has 0 heterocycles. The summed E-state index contributed by atoms with van der Waals surface area (Å²) in [4.78, 5) is 23.4. The number of hydrogen-bond acceptors (Lipinski definition) is 8. The topological polar surface area (TPSA) is 134 Å². The van der Waals surface area contributed by atoms with Gasteiger partial charge in [0.2, 0.25) is 0 Å². The highest BCUT2D eigenvalue weighted by Gasteiger charge is 2.55. The maximum absolute atomic E-state index is 11.9. The summed E-state index contributed by atoms with van der Waals surface area (Å²) in [5, 5.41) is 38.4. The van der Waals surface area contributed by atoms with Crippen molar-refractivity contribution in [3.05, 3.63) is 24.3 Å². The predicted molar refractivity (Wildman–Crippen MR) is 80.2 cm³/mol. The number of esters is 2. The van der Waals surface area contributed by atoms with Crippen molar-refractivity contribution in [3.8, 4) is 0 Å². The van der Waals surface area contributed by atoms with E-state index < -0.39 is 56.0 Å². The SMILES string of the molecule is C=C(C)C(=O)OCC(CO)(OC(=O)C(=C)C)C(CO)(CO)CO. The average Bonchev–Trinajstić information content (AvgIpc) is 2.53. The van der Waals surface area contributed by atoms with Crippen LogP contribution >= 0.6 is 0 Å². The first-order valence-corrected chi connectivity index (χ1v) is 6.80. The lowest BCUT2D eigenvalue weighted by molar-refractivity contribution is -0.221. The van der Waals surface area contributed by atoms with Gasteiger partial charge in [-0.2, -0.15) is 0 Å². The minimum atomic E-state index is -2.06. The van der Waals surface area contributed by atoms with Gasteiger partial charge in [0.1, 0.15) is 6.61 Å². The van der Waals surface area contributed by atoms with Crippen LogP contribution in [0.1, 0.15) is 13.8 Å². The Morgan fingerprint density at radius 1 is 0.870 bits per heavy atom. The number of ether oxygens (including phenoxy) is 2. The fourth-order valence-electron chi connectivity index (χ4n) is 1.69. The maximum atomic E-state index is 11.9. The molecule has 1 unspecified atom stereocenters. The van der Waals surface area contributed by atoms with E-state index in [1.165, 1.54) is 13.8 Å². The molecule has 0 aromatic rings. The lowest BCUT2D eigenvalue weighted by Gasteiger charge is -2.45. The molecular formula is C15H24O8. The molecule has 8 nitrogen and oxygen atoms in total. The monoisotopic (exact) mass is 332 g/mol. The first-order valence-electron chi connectivity index (χ1n) is 6.80. The summed E-state index contributed by atoms with van der Waals surface area (Å²) >= 11 is 0. The number of aliphatic hydroxyl groups excluding tert-OH is 4. The van der Waals surface area contributed by atoms with Crippen molar-refractivity contribution in [3.63, 3.8) is 0 Å². The van der Waals surface area contributed by atoms with Gasteiger partial charge in [0, 0.05) is 11.1 Å². The van der Waals surface area contributed by atoms with Crippen molar-refractivity contribution >= 4 is 11.9 Å². The zero-order valence-corrected chi connectivity index (χ0v) is 13.4. The molecule has 0 aromatic heterocycles. The zero-order valence-electron chi connectivity index (χ0n) is 13.4. The van der Waals surface area contributed by atoms with Crippen LogP contribution in [-0.2, 0) is 19.1 Å². The second-order valence-corrected chi connectivity index (χ2v) is 5.43. The van der Waals surface area contributed by atoms with Crippen LogP contribution in [0, 0.1) is 5.41 Å². The van der Waals surface area contributed by atoms with Crippen molar-refractivity contribution in [1.29, 1.82) is 0 Å². The summed E-state index contributed by atoms with van der Waals surface area (Å²) < 4.78 is 10.1. The van der Waals surface area contributed by atoms with E-state index in [1.54, 1.807) is 0 Å². The summed E-state index contributed by atoms with van der Waals surface area (Å²) in [6.45, 7) is 5.38. The van der Waals surface area contributed by atoms with E-state index in [-0.39, 0.29) is 11.1 Å². The van der Waals surface area contributed by atoms with Crippen molar-refractivity contribution < 1.29 is 39.5 Å². The fourth-order valence-corrected chi connectivity index (χ4v) is 1.69. The zero-order chi connectivity index (χ0) is 18.3. The van der Waals surface area contributed by atoms with Gasteiger partial charge in [-0.15, -0.1) is 0 Å². The van der Waals surface area contributed by atoms with Crippen LogP contribution in [0.4, 0.5) is 0 Å². The van der Waals surface area contributed by atoms with Gasteiger partial charge in [-0.05, 0) is 13.8 Å². The van der Waals surface area contributed by atoms with Crippen molar-refractivity contribution in [1.82, 2.24) is 0 Å². The third-order valence-corrected chi connectivity index (χ3v) is 3.55. The van der Waals surface area contributed by atoms with E-state index in [4.69, 9.17) is 9.47 Å². The second kappa shape index (κ2) is 8.78. The van der Waals surface area contributed by atoms with Crippen molar-refractivity contribution in [2.45, 2.75) is 19.4 Å². The third-order valence-electron chi connectivity index (χ3n) is 3.55. The van der Waals surface area contributed by atoms with Crippen LogP contribution < -0.4 is 0 Å². The van der Waals surface area contributed by atoms with E-state index in [9.17, 15) is 30.0 Å². The summed E-state index contributed by atoms with van der Waals surface area (Å²) in [7, 11) is 0. The lowest BCUT2D eigenvalue weighted by atomic mass is 9.73. The number of carbonyl (C=O) groups excluding carboxylic acids is 2. The summed E-state index contributed by atoms with van der Waals surface area (Å²) in [6.07, 6.45) is 0. The minimum absolute atomic E-state index is 0.0169. The number of carbonyl (C=O) groups is 2. The highest BCUT2D eigenvalue weighted by molar-refractivity contribution is 5.88. The van der Waals surface area contributed by atoms with Crippen molar-refractivity contribution in [2.75, 3.05) is 33.0 Å². The molecule has 4 N–H and O–H groups in total. The van der Waals surface area contributed by atoms with E-state index in [0.717, 1.165) is 0 Å². The first kappa shape index (κ1) is 21.3. The second-order valence-electron chi connectivity index (χ2n) is 5.43. The Morgan fingerprint density at radius 3 is 1.61 bits per heavy atom. The normalized spacial score (nSPS) is 13.8.